The zero-order chi connectivity index (χ0) is 27.4. The van der Waals surface area contributed by atoms with Crippen LogP contribution in [0.4, 0.5) is 37.7 Å². The highest BCUT2D eigenvalue weighted by Gasteiger charge is 2.34. The quantitative estimate of drug-likeness (QED) is 0.354. The molecular formula is C24H20F6N2O4S. The Kier molecular flexibility index (Phi) is 8.06. The van der Waals surface area contributed by atoms with Crippen LogP contribution in [0.3, 0.4) is 0 Å². The topological polar surface area (TPSA) is 75.7 Å². The Balaban J connectivity index is 1.97. The summed E-state index contributed by atoms with van der Waals surface area (Å²) in [5.41, 5.74) is -2.55. The van der Waals surface area contributed by atoms with Gasteiger partial charge >= 0.3 is 12.4 Å². The molecule has 0 bridgehead atoms. The fourth-order valence-electron chi connectivity index (χ4n) is 3.23. The average Bonchev–Trinajstić information content (AvgIpc) is 2.83. The number of rotatable bonds is 8. The Morgan fingerprint density at radius 1 is 0.865 bits per heavy atom. The van der Waals surface area contributed by atoms with Crippen LogP contribution in [0, 0.1) is 0 Å². The molecular weight excluding hydrogens is 526 g/mol. The van der Waals surface area contributed by atoms with Gasteiger partial charge in [-0.25, -0.2) is 8.42 Å². The van der Waals surface area contributed by atoms with E-state index in [1.54, 1.807) is 19.1 Å². The van der Waals surface area contributed by atoms with Crippen LogP contribution in [-0.2, 0) is 27.2 Å². The highest BCUT2D eigenvalue weighted by molar-refractivity contribution is 7.92. The van der Waals surface area contributed by atoms with Gasteiger partial charge in [-0.05, 0) is 73.7 Å². The molecule has 1 amide bonds. The third-order valence-corrected chi connectivity index (χ3v) is 6.76. The molecule has 0 radical (unpaired) electrons. The number of hydrogen-bond donors (Lipinski definition) is 1. The van der Waals surface area contributed by atoms with Crippen LogP contribution in [0.1, 0.15) is 18.1 Å². The SMILES string of the molecule is CCOc1ccc(NC(=O)CN(c2cccc(C(F)(F)F)c2)S(=O)(=O)c2ccc(C(F)(F)F)cc2)cc1. The minimum atomic E-state index is -4.82. The van der Waals surface area contributed by atoms with Gasteiger partial charge in [0.15, 0.2) is 0 Å². The van der Waals surface area contributed by atoms with Gasteiger partial charge in [0, 0.05) is 5.69 Å². The molecule has 6 nitrogen and oxygen atoms in total. The van der Waals surface area contributed by atoms with Crippen molar-refractivity contribution >= 4 is 27.3 Å². The van der Waals surface area contributed by atoms with Gasteiger partial charge in [0.05, 0.1) is 28.3 Å². The van der Waals surface area contributed by atoms with E-state index in [4.69, 9.17) is 4.74 Å². The molecule has 13 heteroatoms. The Morgan fingerprint density at radius 2 is 1.46 bits per heavy atom. The summed E-state index contributed by atoms with van der Waals surface area (Å²) in [6.07, 6.45) is -9.55. The first-order valence-electron chi connectivity index (χ1n) is 10.6. The van der Waals surface area contributed by atoms with E-state index in [-0.39, 0.29) is 5.69 Å². The van der Waals surface area contributed by atoms with Crippen molar-refractivity contribution in [3.05, 3.63) is 83.9 Å². The maximum atomic E-state index is 13.3. The first-order chi connectivity index (χ1) is 17.2. The van der Waals surface area contributed by atoms with Crippen LogP contribution in [0.5, 0.6) is 5.75 Å². The molecule has 0 atom stereocenters. The van der Waals surface area contributed by atoms with Gasteiger partial charge in [-0.2, -0.15) is 26.3 Å². The minimum Gasteiger partial charge on any atom is -0.494 e. The smallest absolute Gasteiger partial charge is 0.416 e. The van der Waals surface area contributed by atoms with Crippen LogP contribution in [-0.4, -0.2) is 27.5 Å². The van der Waals surface area contributed by atoms with Gasteiger partial charge < -0.3 is 10.1 Å². The number of nitrogens with one attached hydrogen (secondary N) is 1. The van der Waals surface area contributed by atoms with E-state index < -0.39 is 56.5 Å². The Labute approximate surface area is 208 Å². The zero-order valence-corrected chi connectivity index (χ0v) is 19.9. The molecule has 37 heavy (non-hydrogen) atoms. The molecule has 0 heterocycles. The van der Waals surface area contributed by atoms with Crippen LogP contribution in [0.25, 0.3) is 0 Å². The number of carbonyl (C=O) groups excluding carboxylic acids is 1. The number of carbonyl (C=O) groups is 1. The van der Waals surface area contributed by atoms with Crippen LogP contribution < -0.4 is 14.4 Å². The van der Waals surface area contributed by atoms with E-state index in [1.165, 1.54) is 12.1 Å². The standard InChI is InChI=1S/C24H20F6N2O4S/c1-2-36-20-10-8-18(9-11-20)31-22(33)15-32(19-5-3-4-17(14-19)24(28,29)30)37(34,35)21-12-6-16(7-13-21)23(25,26)27/h3-14H,2,15H2,1H3,(H,31,33). The molecule has 0 aliphatic rings. The van der Waals surface area contributed by atoms with Crippen LogP contribution >= 0.6 is 0 Å². The number of hydrogen-bond acceptors (Lipinski definition) is 4. The average molecular weight is 546 g/mol. The van der Waals surface area contributed by atoms with E-state index >= 15 is 0 Å². The van der Waals surface area contributed by atoms with Gasteiger partial charge in [0.2, 0.25) is 5.91 Å². The molecule has 3 rings (SSSR count). The third kappa shape index (κ3) is 6.94. The molecule has 0 aliphatic carbocycles. The summed E-state index contributed by atoms with van der Waals surface area (Å²) >= 11 is 0. The molecule has 0 saturated heterocycles. The Morgan fingerprint density at radius 3 is 2.00 bits per heavy atom. The lowest BCUT2D eigenvalue weighted by Crippen LogP contribution is -2.38. The fraction of sp³-hybridized carbons (Fsp3) is 0.208. The molecule has 3 aromatic rings. The summed E-state index contributed by atoms with van der Waals surface area (Å²) in [6.45, 7) is 1.21. The number of amides is 1. The first-order valence-corrected chi connectivity index (χ1v) is 12.1. The molecule has 198 valence electrons. The highest BCUT2D eigenvalue weighted by Crippen LogP contribution is 2.34. The van der Waals surface area contributed by atoms with Crippen LogP contribution in [0.15, 0.2) is 77.7 Å². The summed E-state index contributed by atoms with van der Waals surface area (Å²) in [6, 6.07) is 11.7. The van der Waals surface area contributed by atoms with Crippen molar-refractivity contribution < 1.29 is 44.3 Å². The lowest BCUT2D eigenvalue weighted by molar-refractivity contribution is -0.138. The van der Waals surface area contributed by atoms with E-state index in [0.717, 1.165) is 12.1 Å². The van der Waals surface area contributed by atoms with E-state index in [9.17, 15) is 39.6 Å². The lowest BCUT2D eigenvalue weighted by Gasteiger charge is -2.25. The maximum absolute atomic E-state index is 13.3. The normalized spacial score (nSPS) is 12.2. The number of sulfonamides is 1. The van der Waals surface area contributed by atoms with Crippen molar-refractivity contribution in [2.45, 2.75) is 24.2 Å². The van der Waals surface area contributed by atoms with Crippen molar-refractivity contribution in [1.82, 2.24) is 0 Å². The molecule has 0 fully saturated rings. The molecule has 0 aliphatic heterocycles. The summed E-state index contributed by atoms with van der Waals surface area (Å²) in [4.78, 5) is 12.1. The zero-order valence-electron chi connectivity index (χ0n) is 19.1. The molecule has 0 aromatic heterocycles. The fourth-order valence-corrected chi connectivity index (χ4v) is 4.64. The van der Waals surface area contributed by atoms with Gasteiger partial charge in [0.1, 0.15) is 12.3 Å². The van der Waals surface area contributed by atoms with Gasteiger partial charge in [-0.3, -0.25) is 9.10 Å². The predicted octanol–water partition coefficient (Wildman–Crippen LogP) is 5.96. The highest BCUT2D eigenvalue weighted by atomic mass is 32.2. The summed E-state index contributed by atoms with van der Waals surface area (Å²) in [5.74, 6) is -0.395. The van der Waals surface area contributed by atoms with Gasteiger partial charge in [-0.1, -0.05) is 6.07 Å². The summed E-state index contributed by atoms with van der Waals surface area (Å²) < 4.78 is 111. The number of halogens is 6. The molecule has 0 unspecified atom stereocenters. The third-order valence-electron chi connectivity index (χ3n) is 4.97. The summed E-state index contributed by atoms with van der Waals surface area (Å²) in [5, 5.41) is 2.44. The second-order valence-electron chi connectivity index (χ2n) is 7.59. The number of alkyl halides is 6. The largest absolute Gasteiger partial charge is 0.494 e. The van der Waals surface area contributed by atoms with E-state index in [2.05, 4.69) is 5.32 Å². The predicted molar refractivity (Wildman–Crippen MR) is 124 cm³/mol. The Hall–Kier alpha value is -3.74. The van der Waals surface area contributed by atoms with Crippen molar-refractivity contribution in [2.24, 2.45) is 0 Å². The van der Waals surface area contributed by atoms with Crippen molar-refractivity contribution in [1.29, 1.82) is 0 Å². The molecule has 3 aromatic carbocycles. The molecule has 0 saturated carbocycles. The lowest BCUT2D eigenvalue weighted by atomic mass is 10.2. The van der Waals surface area contributed by atoms with E-state index in [1.807, 2.05) is 0 Å². The van der Waals surface area contributed by atoms with E-state index in [0.29, 0.717) is 53.1 Å². The van der Waals surface area contributed by atoms with Crippen molar-refractivity contribution in [3.8, 4) is 5.75 Å². The van der Waals surface area contributed by atoms with Gasteiger partial charge in [0.25, 0.3) is 10.0 Å². The van der Waals surface area contributed by atoms with Gasteiger partial charge in [-0.15, -0.1) is 0 Å². The van der Waals surface area contributed by atoms with Crippen molar-refractivity contribution in [3.63, 3.8) is 0 Å². The second kappa shape index (κ2) is 10.7. The second-order valence-corrected chi connectivity index (χ2v) is 9.45. The minimum absolute atomic E-state index is 0.254. The number of anilines is 2. The maximum Gasteiger partial charge on any atom is 0.416 e. The number of ether oxygens (including phenoxy) is 1. The number of nitrogens with zero attached hydrogens (tertiary/aromatic N) is 1. The van der Waals surface area contributed by atoms with Crippen LogP contribution in [0.2, 0.25) is 0 Å². The monoisotopic (exact) mass is 546 g/mol. The van der Waals surface area contributed by atoms with Crippen molar-refractivity contribution in [2.75, 3.05) is 22.8 Å². The molecule has 0 spiro atoms. The summed E-state index contributed by atoms with van der Waals surface area (Å²) in [7, 11) is -4.76. The Bertz CT molecular complexity index is 1340. The number of benzene rings is 3. The molecule has 1 N–H and O–H groups in total. The first kappa shape index (κ1) is 27.8.